The van der Waals surface area contributed by atoms with E-state index in [0.717, 1.165) is 19.0 Å². The minimum Gasteiger partial charge on any atom is -0.355 e. The molecule has 0 fully saturated rings. The highest BCUT2D eigenvalue weighted by molar-refractivity contribution is 14.0. The van der Waals surface area contributed by atoms with Gasteiger partial charge in [0.25, 0.3) is 0 Å². The summed E-state index contributed by atoms with van der Waals surface area (Å²) in [6, 6.07) is 2.39. The first kappa shape index (κ1) is 19.2. The Hall–Kier alpha value is -0.790. The van der Waals surface area contributed by atoms with Gasteiger partial charge >= 0.3 is 0 Å². The van der Waals surface area contributed by atoms with Crippen molar-refractivity contribution in [1.82, 2.24) is 20.4 Å². The lowest BCUT2D eigenvalue weighted by Crippen LogP contribution is -2.43. The SMILES string of the molecule is CCCCCC(C)NC(=NC)NCCn1cccn1.I. The van der Waals surface area contributed by atoms with Gasteiger partial charge < -0.3 is 10.6 Å². The first-order valence-electron chi connectivity index (χ1n) is 7.21. The van der Waals surface area contributed by atoms with Crippen LogP contribution in [0, 0.1) is 0 Å². The molecule has 0 bridgehead atoms. The highest BCUT2D eigenvalue weighted by Gasteiger charge is 2.04. The lowest BCUT2D eigenvalue weighted by molar-refractivity contribution is 0.540. The van der Waals surface area contributed by atoms with Crippen LogP contribution in [0.2, 0.25) is 0 Å². The number of halogens is 1. The summed E-state index contributed by atoms with van der Waals surface area (Å²) >= 11 is 0. The van der Waals surface area contributed by atoms with Crippen molar-refractivity contribution >= 4 is 29.9 Å². The maximum absolute atomic E-state index is 4.24. The fraction of sp³-hybridized carbons (Fsp3) is 0.714. The van der Waals surface area contributed by atoms with Gasteiger partial charge in [0.2, 0.25) is 0 Å². The average molecular weight is 393 g/mol. The molecule has 0 spiro atoms. The number of hydrogen-bond acceptors (Lipinski definition) is 2. The molecule has 0 saturated carbocycles. The molecule has 1 rings (SSSR count). The van der Waals surface area contributed by atoms with Gasteiger partial charge in [0.05, 0.1) is 6.54 Å². The van der Waals surface area contributed by atoms with E-state index in [2.05, 4.69) is 34.6 Å². The van der Waals surface area contributed by atoms with Gasteiger partial charge in [-0.3, -0.25) is 9.67 Å². The summed E-state index contributed by atoms with van der Waals surface area (Å²) < 4.78 is 1.91. The molecule has 0 aliphatic heterocycles. The molecule has 1 aromatic rings. The first-order valence-corrected chi connectivity index (χ1v) is 7.21. The Labute approximate surface area is 139 Å². The molecule has 2 N–H and O–H groups in total. The molecular formula is C14H28IN5. The molecule has 0 aromatic carbocycles. The van der Waals surface area contributed by atoms with Gasteiger partial charge in [-0.2, -0.15) is 5.10 Å². The van der Waals surface area contributed by atoms with Gasteiger partial charge in [0.15, 0.2) is 5.96 Å². The van der Waals surface area contributed by atoms with Crippen LogP contribution >= 0.6 is 24.0 Å². The van der Waals surface area contributed by atoms with Crippen LogP contribution < -0.4 is 10.6 Å². The molecule has 1 heterocycles. The van der Waals surface area contributed by atoms with Gasteiger partial charge in [-0.1, -0.05) is 26.2 Å². The molecule has 0 aliphatic carbocycles. The summed E-state index contributed by atoms with van der Waals surface area (Å²) in [5.41, 5.74) is 0. The zero-order chi connectivity index (χ0) is 13.9. The van der Waals surface area contributed by atoms with Crippen LogP contribution in [0.15, 0.2) is 23.5 Å². The molecule has 6 heteroatoms. The maximum atomic E-state index is 4.24. The largest absolute Gasteiger partial charge is 0.355 e. The van der Waals surface area contributed by atoms with E-state index in [1.54, 1.807) is 6.20 Å². The van der Waals surface area contributed by atoms with Crippen molar-refractivity contribution < 1.29 is 0 Å². The van der Waals surface area contributed by atoms with Gasteiger partial charge in [0.1, 0.15) is 0 Å². The van der Waals surface area contributed by atoms with Crippen LogP contribution in [0.25, 0.3) is 0 Å². The summed E-state index contributed by atoms with van der Waals surface area (Å²) in [5, 5.41) is 10.9. The summed E-state index contributed by atoms with van der Waals surface area (Å²) in [5.74, 6) is 0.871. The molecule has 0 amide bonds. The lowest BCUT2D eigenvalue weighted by atomic mass is 10.1. The van der Waals surface area contributed by atoms with Crippen LogP contribution in [-0.2, 0) is 6.54 Å². The van der Waals surface area contributed by atoms with Gasteiger partial charge in [-0.05, 0) is 19.4 Å². The standard InChI is InChI=1S/C14H27N5.HI/c1-4-5-6-8-13(2)18-14(15-3)16-10-12-19-11-7-9-17-19;/h7,9,11,13H,4-6,8,10,12H2,1-3H3,(H2,15,16,18);1H. The monoisotopic (exact) mass is 393 g/mol. The van der Waals surface area contributed by atoms with Crippen LogP contribution in [0.1, 0.15) is 39.5 Å². The molecule has 0 saturated heterocycles. The highest BCUT2D eigenvalue weighted by atomic mass is 127. The number of aliphatic imine (C=N–C) groups is 1. The number of nitrogens with zero attached hydrogens (tertiary/aromatic N) is 3. The van der Waals surface area contributed by atoms with Crippen molar-refractivity contribution in [1.29, 1.82) is 0 Å². The highest BCUT2D eigenvalue weighted by Crippen LogP contribution is 2.02. The van der Waals surface area contributed by atoms with E-state index < -0.39 is 0 Å². The Balaban J connectivity index is 0.00000361. The Bertz CT molecular complexity index is 350. The Kier molecular flexibility index (Phi) is 11.5. The smallest absolute Gasteiger partial charge is 0.191 e. The van der Waals surface area contributed by atoms with E-state index in [-0.39, 0.29) is 24.0 Å². The molecule has 1 aromatic heterocycles. The number of hydrogen-bond donors (Lipinski definition) is 2. The van der Waals surface area contributed by atoms with E-state index >= 15 is 0 Å². The zero-order valence-corrected chi connectivity index (χ0v) is 15.1. The molecule has 0 radical (unpaired) electrons. The van der Waals surface area contributed by atoms with Crippen LogP contribution in [0.3, 0.4) is 0 Å². The Morgan fingerprint density at radius 3 is 2.80 bits per heavy atom. The van der Waals surface area contributed by atoms with E-state index in [0.29, 0.717) is 6.04 Å². The third-order valence-corrected chi connectivity index (χ3v) is 3.04. The third-order valence-electron chi connectivity index (χ3n) is 3.04. The lowest BCUT2D eigenvalue weighted by Gasteiger charge is -2.17. The van der Waals surface area contributed by atoms with Crippen molar-refractivity contribution in [3.63, 3.8) is 0 Å². The maximum Gasteiger partial charge on any atom is 0.191 e. The fourth-order valence-corrected chi connectivity index (χ4v) is 1.92. The normalized spacial score (nSPS) is 12.7. The minimum atomic E-state index is 0. The van der Waals surface area contributed by atoms with Crippen molar-refractivity contribution in [2.24, 2.45) is 4.99 Å². The molecule has 5 nitrogen and oxygen atoms in total. The van der Waals surface area contributed by atoms with E-state index in [1.165, 1.54) is 25.7 Å². The van der Waals surface area contributed by atoms with Crippen LogP contribution in [0.5, 0.6) is 0 Å². The van der Waals surface area contributed by atoms with Crippen molar-refractivity contribution in [3.05, 3.63) is 18.5 Å². The summed E-state index contributed by atoms with van der Waals surface area (Å²) in [4.78, 5) is 4.24. The quantitative estimate of drug-likeness (QED) is 0.309. The average Bonchev–Trinajstić information content (AvgIpc) is 2.91. The third kappa shape index (κ3) is 8.39. The summed E-state index contributed by atoms with van der Waals surface area (Å²) in [6.07, 6.45) is 8.79. The van der Waals surface area contributed by atoms with Gasteiger partial charge in [0, 0.05) is 32.0 Å². The second-order valence-corrected chi connectivity index (χ2v) is 4.81. The predicted octanol–water partition coefficient (Wildman–Crippen LogP) is 2.63. The molecule has 1 unspecified atom stereocenters. The van der Waals surface area contributed by atoms with Gasteiger partial charge in [-0.15, -0.1) is 24.0 Å². The van der Waals surface area contributed by atoms with E-state index in [9.17, 15) is 0 Å². The molecular weight excluding hydrogens is 365 g/mol. The number of guanidine groups is 1. The van der Waals surface area contributed by atoms with E-state index in [4.69, 9.17) is 0 Å². The first-order chi connectivity index (χ1) is 9.26. The van der Waals surface area contributed by atoms with E-state index in [1.807, 2.05) is 24.0 Å². The summed E-state index contributed by atoms with van der Waals surface area (Å²) in [6.45, 7) is 6.10. The number of nitrogens with one attached hydrogen (secondary N) is 2. The Morgan fingerprint density at radius 1 is 1.40 bits per heavy atom. The molecule has 1 atom stereocenters. The van der Waals surface area contributed by atoms with Crippen molar-refractivity contribution in [2.45, 2.75) is 52.1 Å². The fourth-order valence-electron chi connectivity index (χ4n) is 1.92. The van der Waals surface area contributed by atoms with Crippen molar-refractivity contribution in [2.75, 3.05) is 13.6 Å². The predicted molar refractivity (Wildman–Crippen MR) is 95.7 cm³/mol. The Morgan fingerprint density at radius 2 is 2.20 bits per heavy atom. The van der Waals surface area contributed by atoms with Gasteiger partial charge in [-0.25, -0.2) is 0 Å². The zero-order valence-electron chi connectivity index (χ0n) is 12.8. The molecule has 0 aliphatic rings. The number of aromatic nitrogens is 2. The van der Waals surface area contributed by atoms with Crippen LogP contribution in [0.4, 0.5) is 0 Å². The number of unbranched alkanes of at least 4 members (excludes halogenated alkanes) is 2. The minimum absolute atomic E-state index is 0. The second kappa shape index (κ2) is 12.0. The molecule has 20 heavy (non-hydrogen) atoms. The molecule has 116 valence electrons. The number of rotatable bonds is 8. The summed E-state index contributed by atoms with van der Waals surface area (Å²) in [7, 11) is 1.81. The second-order valence-electron chi connectivity index (χ2n) is 4.81. The topological polar surface area (TPSA) is 54.2 Å². The van der Waals surface area contributed by atoms with Crippen molar-refractivity contribution in [3.8, 4) is 0 Å². The van der Waals surface area contributed by atoms with Crippen LogP contribution in [-0.4, -0.2) is 35.4 Å².